The first-order valence-electron chi connectivity index (χ1n) is 5.79. The van der Waals surface area contributed by atoms with Crippen LogP contribution in [0.15, 0.2) is 35.1 Å². The molecule has 0 fully saturated rings. The molecule has 3 rings (SSSR count). The maximum atomic E-state index is 10.7. The number of benzene rings is 1. The molecule has 21 heavy (non-hydrogen) atoms. The van der Waals surface area contributed by atoms with Crippen LogP contribution in [0.1, 0.15) is 0 Å². The van der Waals surface area contributed by atoms with Crippen LogP contribution in [0.25, 0.3) is 16.8 Å². The van der Waals surface area contributed by atoms with Crippen LogP contribution in [-0.4, -0.2) is 25.9 Å². The Balaban J connectivity index is 2.06. The Hall–Kier alpha value is -2.68. The highest BCUT2D eigenvalue weighted by atomic mass is 79.9. The molecule has 1 amide bonds. The van der Waals surface area contributed by atoms with Crippen molar-refractivity contribution < 1.29 is 9.53 Å². The van der Waals surface area contributed by atoms with E-state index in [2.05, 4.69) is 31.1 Å². The van der Waals surface area contributed by atoms with Gasteiger partial charge in [0.1, 0.15) is 23.3 Å². The molecule has 4 N–H and O–H groups in total. The Labute approximate surface area is 126 Å². The fraction of sp³-hybridized carbons (Fsp3) is 0. The van der Waals surface area contributed by atoms with E-state index in [0.717, 1.165) is 5.56 Å². The standard InChI is InChI=1S/C12H9BrN6O2/c13-8-9(18-19-10(8)11(14)16-5-17-19)6-1-3-7(4-2-6)21-12(15)20/h1-5H,(H2,15,20)(H2,14,16,17). The molecule has 0 aliphatic carbocycles. The molecule has 2 heterocycles. The van der Waals surface area contributed by atoms with Crippen LogP contribution in [0.4, 0.5) is 10.6 Å². The molecule has 9 heteroatoms. The molecule has 2 aromatic heterocycles. The summed E-state index contributed by atoms with van der Waals surface area (Å²) < 4.78 is 6.86. The van der Waals surface area contributed by atoms with E-state index in [1.165, 1.54) is 11.0 Å². The number of amides is 1. The van der Waals surface area contributed by atoms with Crippen molar-refractivity contribution >= 4 is 33.4 Å². The third kappa shape index (κ3) is 2.38. The Bertz CT molecular complexity index is 830. The second-order valence-corrected chi connectivity index (χ2v) is 4.88. The highest BCUT2D eigenvalue weighted by molar-refractivity contribution is 9.10. The molecule has 0 saturated carbocycles. The lowest BCUT2D eigenvalue weighted by atomic mass is 10.1. The van der Waals surface area contributed by atoms with Crippen molar-refractivity contribution in [1.29, 1.82) is 0 Å². The lowest BCUT2D eigenvalue weighted by Crippen LogP contribution is -2.16. The summed E-state index contributed by atoms with van der Waals surface area (Å²) in [6.45, 7) is 0. The third-order valence-corrected chi connectivity index (χ3v) is 3.51. The Morgan fingerprint density at radius 3 is 2.62 bits per heavy atom. The average Bonchev–Trinajstić information content (AvgIpc) is 2.78. The lowest BCUT2D eigenvalue weighted by Gasteiger charge is -2.02. The number of hydrogen-bond donors (Lipinski definition) is 2. The SMILES string of the molecule is NC(=O)Oc1ccc(-c2nn3ncnc(N)c3c2Br)cc1. The zero-order chi connectivity index (χ0) is 15.0. The highest BCUT2D eigenvalue weighted by Crippen LogP contribution is 2.33. The zero-order valence-electron chi connectivity index (χ0n) is 10.5. The predicted molar refractivity (Wildman–Crippen MR) is 78.5 cm³/mol. The fourth-order valence-electron chi connectivity index (χ4n) is 1.87. The van der Waals surface area contributed by atoms with Crippen molar-refractivity contribution in [3.8, 4) is 17.0 Å². The maximum Gasteiger partial charge on any atom is 0.409 e. The molecule has 0 unspecified atom stereocenters. The minimum absolute atomic E-state index is 0.323. The number of hydrogen-bond acceptors (Lipinski definition) is 6. The monoisotopic (exact) mass is 348 g/mol. The zero-order valence-corrected chi connectivity index (χ0v) is 12.1. The van der Waals surface area contributed by atoms with E-state index >= 15 is 0 Å². The van der Waals surface area contributed by atoms with Gasteiger partial charge in [0, 0.05) is 5.56 Å². The van der Waals surface area contributed by atoms with Crippen molar-refractivity contribution in [3.63, 3.8) is 0 Å². The molecule has 0 spiro atoms. The summed E-state index contributed by atoms with van der Waals surface area (Å²) >= 11 is 3.45. The van der Waals surface area contributed by atoms with Crippen LogP contribution in [-0.2, 0) is 0 Å². The molecule has 8 nitrogen and oxygen atoms in total. The first-order valence-corrected chi connectivity index (χ1v) is 6.58. The van der Waals surface area contributed by atoms with Gasteiger partial charge in [0.05, 0.1) is 4.47 Å². The first-order chi connectivity index (χ1) is 10.1. The third-order valence-electron chi connectivity index (χ3n) is 2.76. The van der Waals surface area contributed by atoms with Crippen molar-refractivity contribution in [2.75, 3.05) is 5.73 Å². The van der Waals surface area contributed by atoms with Crippen LogP contribution in [0, 0.1) is 0 Å². The fourth-order valence-corrected chi connectivity index (χ4v) is 2.54. The second-order valence-electron chi connectivity index (χ2n) is 4.09. The van der Waals surface area contributed by atoms with E-state index in [4.69, 9.17) is 16.2 Å². The normalized spacial score (nSPS) is 10.7. The van der Waals surface area contributed by atoms with E-state index < -0.39 is 6.09 Å². The lowest BCUT2D eigenvalue weighted by molar-refractivity contribution is 0.211. The highest BCUT2D eigenvalue weighted by Gasteiger charge is 2.15. The van der Waals surface area contributed by atoms with E-state index in [1.54, 1.807) is 24.3 Å². The summed E-state index contributed by atoms with van der Waals surface area (Å²) in [7, 11) is 0. The van der Waals surface area contributed by atoms with Crippen LogP contribution in [0.5, 0.6) is 5.75 Å². The smallest absolute Gasteiger partial charge is 0.409 e. The molecule has 106 valence electrons. The maximum absolute atomic E-state index is 10.7. The number of carbonyl (C=O) groups excluding carboxylic acids is 1. The molecule has 0 aliphatic heterocycles. The quantitative estimate of drug-likeness (QED) is 0.725. The van der Waals surface area contributed by atoms with Gasteiger partial charge in [-0.25, -0.2) is 9.78 Å². The minimum Gasteiger partial charge on any atom is -0.411 e. The summed E-state index contributed by atoms with van der Waals surface area (Å²) in [6.07, 6.45) is 0.467. The summed E-state index contributed by atoms with van der Waals surface area (Å²) in [4.78, 5) is 14.6. The molecule has 0 saturated heterocycles. The summed E-state index contributed by atoms with van der Waals surface area (Å²) in [5.74, 6) is 0.676. The minimum atomic E-state index is -0.861. The van der Waals surface area contributed by atoms with Crippen LogP contribution >= 0.6 is 15.9 Å². The summed E-state index contributed by atoms with van der Waals surface area (Å²) in [6, 6.07) is 6.72. The Morgan fingerprint density at radius 1 is 1.29 bits per heavy atom. The number of nitrogens with two attached hydrogens (primary N) is 2. The van der Waals surface area contributed by atoms with Crippen molar-refractivity contribution in [1.82, 2.24) is 19.8 Å². The van der Waals surface area contributed by atoms with Crippen molar-refractivity contribution in [2.24, 2.45) is 5.73 Å². The first kappa shape index (κ1) is 13.3. The Kier molecular flexibility index (Phi) is 3.18. The number of halogens is 1. The number of carbonyl (C=O) groups is 1. The van der Waals surface area contributed by atoms with Gasteiger partial charge in [0.2, 0.25) is 0 Å². The van der Waals surface area contributed by atoms with Gasteiger partial charge in [-0.2, -0.15) is 0 Å². The number of nitrogens with zero attached hydrogens (tertiary/aromatic N) is 4. The molecule has 1 aromatic carbocycles. The van der Waals surface area contributed by atoms with E-state index in [-0.39, 0.29) is 0 Å². The largest absolute Gasteiger partial charge is 0.411 e. The molecular formula is C12H9BrN6O2. The number of nitrogen functional groups attached to an aromatic ring is 1. The topological polar surface area (TPSA) is 121 Å². The molecular weight excluding hydrogens is 340 g/mol. The van der Waals surface area contributed by atoms with Crippen LogP contribution in [0.2, 0.25) is 0 Å². The van der Waals surface area contributed by atoms with Crippen LogP contribution in [0.3, 0.4) is 0 Å². The van der Waals surface area contributed by atoms with Gasteiger partial charge in [-0.3, -0.25) is 0 Å². The Morgan fingerprint density at radius 2 is 2.00 bits per heavy atom. The van der Waals surface area contributed by atoms with Gasteiger partial charge in [0.15, 0.2) is 5.82 Å². The number of aromatic nitrogens is 4. The van der Waals surface area contributed by atoms with Gasteiger partial charge in [-0.15, -0.1) is 14.8 Å². The number of primary amides is 1. The summed E-state index contributed by atoms with van der Waals surface area (Å²) in [5.41, 5.74) is 12.8. The summed E-state index contributed by atoms with van der Waals surface area (Å²) in [5, 5.41) is 8.34. The number of fused-ring (bicyclic) bond motifs is 1. The molecule has 0 radical (unpaired) electrons. The van der Waals surface area contributed by atoms with Crippen molar-refractivity contribution in [3.05, 3.63) is 35.1 Å². The number of rotatable bonds is 2. The number of anilines is 1. The van der Waals surface area contributed by atoms with Gasteiger partial charge < -0.3 is 16.2 Å². The van der Waals surface area contributed by atoms with E-state index in [1.807, 2.05) is 0 Å². The van der Waals surface area contributed by atoms with Gasteiger partial charge in [0.25, 0.3) is 0 Å². The van der Waals surface area contributed by atoms with E-state index in [9.17, 15) is 4.79 Å². The molecule has 0 aliphatic rings. The molecule has 0 atom stereocenters. The van der Waals surface area contributed by atoms with Gasteiger partial charge in [-0.05, 0) is 40.2 Å². The predicted octanol–water partition coefficient (Wildman–Crippen LogP) is 1.59. The van der Waals surface area contributed by atoms with Crippen LogP contribution < -0.4 is 16.2 Å². The molecule has 3 aromatic rings. The van der Waals surface area contributed by atoms with Crippen molar-refractivity contribution in [2.45, 2.75) is 0 Å². The second kappa shape index (κ2) is 5.02. The molecule has 0 bridgehead atoms. The van der Waals surface area contributed by atoms with Gasteiger partial charge in [-0.1, -0.05) is 0 Å². The van der Waals surface area contributed by atoms with E-state index in [0.29, 0.717) is 27.3 Å². The number of ether oxygens (including phenoxy) is 1. The van der Waals surface area contributed by atoms with Gasteiger partial charge >= 0.3 is 6.09 Å². The average molecular weight is 349 g/mol.